The van der Waals surface area contributed by atoms with Crippen molar-refractivity contribution in [1.29, 1.82) is 0 Å². The molecule has 1 aliphatic carbocycles. The van der Waals surface area contributed by atoms with Crippen LogP contribution in [0.5, 0.6) is 0 Å². The zero-order valence-electron chi connectivity index (χ0n) is 21.0. The Morgan fingerprint density at radius 2 is 1.75 bits per heavy atom. The number of urea groups is 1. The minimum Gasteiger partial charge on any atom is -0.332 e. The average Bonchev–Trinajstić information content (AvgIpc) is 3.39. The number of hydrogen-bond acceptors (Lipinski definition) is 3. The summed E-state index contributed by atoms with van der Waals surface area (Å²) in [6.45, 7) is 4.81. The first-order chi connectivity index (χ1) is 17.4. The highest BCUT2D eigenvalue weighted by Gasteiger charge is 2.29. The van der Waals surface area contributed by atoms with E-state index in [1.807, 2.05) is 49.6 Å². The lowest BCUT2D eigenvalue weighted by atomic mass is 9.94. The van der Waals surface area contributed by atoms with Crippen LogP contribution in [0.15, 0.2) is 60.0 Å². The van der Waals surface area contributed by atoms with Crippen LogP contribution in [0.2, 0.25) is 0 Å². The molecule has 0 bridgehead atoms. The highest BCUT2D eigenvalue weighted by Crippen LogP contribution is 2.25. The van der Waals surface area contributed by atoms with Crippen LogP contribution in [0.4, 0.5) is 14.9 Å². The molecule has 5 nitrogen and oxygen atoms in total. The van der Waals surface area contributed by atoms with Crippen molar-refractivity contribution in [2.24, 2.45) is 0 Å². The Hall–Kier alpha value is -3.19. The van der Waals surface area contributed by atoms with Crippen LogP contribution >= 0.6 is 11.3 Å². The summed E-state index contributed by atoms with van der Waals surface area (Å²) in [5, 5.41) is 5.04. The first-order valence-corrected chi connectivity index (χ1v) is 13.5. The smallest absolute Gasteiger partial charge is 0.322 e. The number of carbonyl (C=O) groups is 2. The van der Waals surface area contributed by atoms with E-state index in [0.29, 0.717) is 13.1 Å². The third-order valence-electron chi connectivity index (χ3n) is 6.77. The number of aryl methyl sites for hydroxylation is 2. The van der Waals surface area contributed by atoms with Crippen LogP contribution in [0.1, 0.15) is 53.7 Å². The number of carbonyl (C=O) groups excluding carboxylic acids is 2. The summed E-state index contributed by atoms with van der Waals surface area (Å²) in [6, 6.07) is 15.9. The topological polar surface area (TPSA) is 52.7 Å². The monoisotopic (exact) mass is 507 g/mol. The van der Waals surface area contributed by atoms with E-state index in [1.165, 1.54) is 12.1 Å². The molecular weight excluding hydrogens is 473 g/mol. The van der Waals surface area contributed by atoms with E-state index in [0.717, 1.165) is 59.4 Å². The Bertz CT molecular complexity index is 1160. The van der Waals surface area contributed by atoms with E-state index in [2.05, 4.69) is 5.32 Å². The maximum Gasteiger partial charge on any atom is 0.322 e. The van der Waals surface area contributed by atoms with E-state index >= 15 is 0 Å². The summed E-state index contributed by atoms with van der Waals surface area (Å²) in [5.74, 6) is -0.421. The summed E-state index contributed by atoms with van der Waals surface area (Å²) in [6.07, 6.45) is 5.07. The summed E-state index contributed by atoms with van der Waals surface area (Å²) < 4.78 is 13.5. The van der Waals surface area contributed by atoms with Gasteiger partial charge in [0, 0.05) is 23.2 Å². The lowest BCUT2D eigenvalue weighted by Crippen LogP contribution is -2.49. The van der Waals surface area contributed by atoms with E-state index in [1.54, 1.807) is 33.3 Å². The molecule has 36 heavy (non-hydrogen) atoms. The second-order valence-corrected chi connectivity index (χ2v) is 10.7. The predicted molar refractivity (Wildman–Crippen MR) is 143 cm³/mol. The third kappa shape index (κ3) is 6.94. The first kappa shape index (κ1) is 25.9. The molecular formula is C29H34FN3O2S. The van der Waals surface area contributed by atoms with Crippen molar-refractivity contribution < 1.29 is 14.0 Å². The normalized spacial score (nSPS) is 13.9. The van der Waals surface area contributed by atoms with Gasteiger partial charge in [0.15, 0.2) is 0 Å². The molecule has 2 aromatic carbocycles. The molecule has 1 aromatic heterocycles. The largest absolute Gasteiger partial charge is 0.332 e. The fourth-order valence-electron chi connectivity index (χ4n) is 4.78. The van der Waals surface area contributed by atoms with Gasteiger partial charge in [-0.1, -0.05) is 55.2 Å². The molecule has 0 aliphatic heterocycles. The van der Waals surface area contributed by atoms with Crippen molar-refractivity contribution in [3.63, 3.8) is 0 Å². The second kappa shape index (κ2) is 12.2. The predicted octanol–water partition coefficient (Wildman–Crippen LogP) is 6.90. The molecule has 0 atom stereocenters. The van der Waals surface area contributed by atoms with Crippen LogP contribution in [-0.2, 0) is 17.9 Å². The Balaban J connectivity index is 1.54. The van der Waals surface area contributed by atoms with Gasteiger partial charge in [-0.25, -0.2) is 9.18 Å². The maximum atomic E-state index is 13.7. The second-order valence-electron chi connectivity index (χ2n) is 9.62. The number of nitrogens with zero attached hydrogens (tertiary/aromatic N) is 2. The molecule has 7 heteroatoms. The zero-order chi connectivity index (χ0) is 25.5. The highest BCUT2D eigenvalue weighted by atomic mass is 32.1. The van der Waals surface area contributed by atoms with E-state index in [9.17, 15) is 14.0 Å². The summed E-state index contributed by atoms with van der Waals surface area (Å²) in [7, 11) is 0. The van der Waals surface area contributed by atoms with Crippen molar-refractivity contribution in [1.82, 2.24) is 9.80 Å². The van der Waals surface area contributed by atoms with Crippen molar-refractivity contribution in [2.75, 3.05) is 11.9 Å². The number of amides is 3. The molecule has 0 spiro atoms. The molecule has 1 aliphatic rings. The molecule has 0 unspecified atom stereocenters. The van der Waals surface area contributed by atoms with E-state index in [-0.39, 0.29) is 30.3 Å². The summed E-state index contributed by atoms with van der Waals surface area (Å²) >= 11 is 1.59. The standard InChI is InChI=1S/C29H34FN3O2S/c1-21-10-15-27(22(2)17-21)31-29(35)33(25-7-4-3-5-8-25)20-28(34)32(19-26-9-6-16-36-26)18-23-11-13-24(30)14-12-23/h6,9-17,25H,3-5,7-8,18-20H2,1-2H3,(H,31,35). The van der Waals surface area contributed by atoms with E-state index in [4.69, 9.17) is 0 Å². The number of nitrogens with one attached hydrogen (secondary N) is 1. The van der Waals surface area contributed by atoms with E-state index < -0.39 is 0 Å². The number of anilines is 1. The van der Waals surface area contributed by atoms with Crippen LogP contribution < -0.4 is 5.32 Å². The number of thiophene rings is 1. The molecule has 1 N–H and O–H groups in total. The molecule has 1 fully saturated rings. The van der Waals surface area contributed by atoms with Crippen molar-refractivity contribution in [3.05, 3.63) is 87.4 Å². The highest BCUT2D eigenvalue weighted by molar-refractivity contribution is 7.09. The molecule has 1 heterocycles. The van der Waals surface area contributed by atoms with Gasteiger partial charge in [0.05, 0.1) is 6.54 Å². The summed E-state index contributed by atoms with van der Waals surface area (Å²) in [4.78, 5) is 31.8. The van der Waals surface area contributed by atoms with Crippen molar-refractivity contribution in [2.45, 2.75) is 65.1 Å². The van der Waals surface area contributed by atoms with Gasteiger partial charge in [-0.2, -0.15) is 0 Å². The Kier molecular flexibility index (Phi) is 8.75. The van der Waals surface area contributed by atoms with Crippen LogP contribution in [-0.4, -0.2) is 34.3 Å². The van der Waals surface area contributed by atoms with Gasteiger partial charge in [-0.15, -0.1) is 11.3 Å². The number of rotatable bonds is 8. The zero-order valence-corrected chi connectivity index (χ0v) is 21.8. The lowest BCUT2D eigenvalue weighted by molar-refractivity contribution is -0.133. The Morgan fingerprint density at radius 3 is 2.42 bits per heavy atom. The SMILES string of the molecule is Cc1ccc(NC(=O)N(CC(=O)N(Cc2ccc(F)cc2)Cc2cccs2)C2CCCCC2)c(C)c1. The summed E-state index contributed by atoms with van der Waals surface area (Å²) in [5.41, 5.74) is 3.74. The van der Waals surface area contributed by atoms with Gasteiger partial charge >= 0.3 is 6.03 Å². The van der Waals surface area contributed by atoms with Gasteiger partial charge in [-0.05, 0) is 67.5 Å². The van der Waals surface area contributed by atoms with Gasteiger partial charge in [0.25, 0.3) is 0 Å². The minimum absolute atomic E-state index is 0.00792. The fourth-order valence-corrected chi connectivity index (χ4v) is 5.50. The molecule has 3 amide bonds. The third-order valence-corrected chi connectivity index (χ3v) is 7.63. The number of halogens is 1. The van der Waals surface area contributed by atoms with Crippen LogP contribution in [0.3, 0.4) is 0 Å². The van der Waals surface area contributed by atoms with Crippen molar-refractivity contribution >= 4 is 29.0 Å². The van der Waals surface area contributed by atoms with Crippen molar-refractivity contribution in [3.8, 4) is 0 Å². The van der Waals surface area contributed by atoms with Crippen LogP contribution in [0.25, 0.3) is 0 Å². The number of hydrogen-bond donors (Lipinski definition) is 1. The molecule has 1 saturated carbocycles. The van der Waals surface area contributed by atoms with Gasteiger partial charge in [-0.3, -0.25) is 4.79 Å². The molecule has 0 saturated heterocycles. The minimum atomic E-state index is -0.304. The van der Waals surface area contributed by atoms with Crippen LogP contribution in [0, 0.1) is 19.7 Å². The maximum absolute atomic E-state index is 13.7. The van der Waals surface area contributed by atoms with Gasteiger partial charge in [0.2, 0.25) is 5.91 Å². The Labute approximate surface area is 216 Å². The number of benzene rings is 2. The molecule has 190 valence electrons. The quantitative estimate of drug-likeness (QED) is 0.361. The average molecular weight is 508 g/mol. The first-order valence-electron chi connectivity index (χ1n) is 12.6. The molecule has 4 rings (SSSR count). The fraction of sp³-hybridized carbons (Fsp3) is 0.379. The Morgan fingerprint density at radius 1 is 1.00 bits per heavy atom. The lowest BCUT2D eigenvalue weighted by Gasteiger charge is -2.35. The van der Waals surface area contributed by atoms with Gasteiger partial charge in [0.1, 0.15) is 12.4 Å². The molecule has 3 aromatic rings. The van der Waals surface area contributed by atoms with Gasteiger partial charge < -0.3 is 15.1 Å². The molecule has 0 radical (unpaired) electrons.